The summed E-state index contributed by atoms with van der Waals surface area (Å²) in [5, 5.41) is 10.8. The summed E-state index contributed by atoms with van der Waals surface area (Å²) in [6, 6.07) is 4.04. The molecule has 0 amide bonds. The third kappa shape index (κ3) is 3.01. The highest BCUT2D eigenvalue weighted by atomic mass is 79.9. The highest BCUT2D eigenvalue weighted by molar-refractivity contribution is 9.10. The van der Waals surface area contributed by atoms with Crippen molar-refractivity contribution in [2.24, 2.45) is 5.92 Å². The first-order chi connectivity index (χ1) is 8.65. The topological polar surface area (TPSA) is 33.1 Å². The van der Waals surface area contributed by atoms with E-state index in [1.54, 1.807) is 6.20 Å². The van der Waals surface area contributed by atoms with Crippen LogP contribution in [0.15, 0.2) is 35.6 Å². The molecule has 1 aliphatic rings. The Morgan fingerprint density at radius 2 is 2.44 bits per heavy atom. The number of nitrogens with zero attached hydrogens (tertiary/aromatic N) is 1. The van der Waals surface area contributed by atoms with Gasteiger partial charge in [0, 0.05) is 6.20 Å². The molecule has 18 heavy (non-hydrogen) atoms. The number of hydrogen-bond acceptors (Lipinski definition) is 2. The molecule has 0 saturated heterocycles. The van der Waals surface area contributed by atoms with Gasteiger partial charge in [0.1, 0.15) is 4.60 Å². The molecule has 0 aliphatic heterocycles. The molecule has 0 radical (unpaired) electrons. The first kappa shape index (κ1) is 13.8. The molecule has 3 heteroatoms. The normalized spacial score (nSPS) is 27.3. The van der Waals surface area contributed by atoms with Crippen LogP contribution < -0.4 is 0 Å². The van der Waals surface area contributed by atoms with Gasteiger partial charge in [-0.1, -0.05) is 18.6 Å². The third-order valence-electron chi connectivity index (χ3n) is 4.01. The zero-order chi connectivity index (χ0) is 13.0. The zero-order valence-electron chi connectivity index (χ0n) is 10.6. The lowest BCUT2D eigenvalue weighted by Gasteiger charge is -2.30. The summed E-state index contributed by atoms with van der Waals surface area (Å²) in [5.41, 5.74) is 0.685. The molecule has 1 fully saturated rings. The molecule has 2 atom stereocenters. The van der Waals surface area contributed by atoms with Crippen LogP contribution in [0.4, 0.5) is 0 Å². The highest BCUT2D eigenvalue weighted by Crippen LogP contribution is 2.41. The van der Waals surface area contributed by atoms with Crippen molar-refractivity contribution in [1.29, 1.82) is 0 Å². The SMILES string of the molecule is C=CCC[C@]1(O)CCC[C@H]1Cc1cccnc1Br. The van der Waals surface area contributed by atoms with Gasteiger partial charge in [-0.3, -0.25) is 0 Å². The van der Waals surface area contributed by atoms with E-state index in [0.717, 1.165) is 43.1 Å². The van der Waals surface area contributed by atoms with E-state index in [9.17, 15) is 5.11 Å². The fraction of sp³-hybridized carbons (Fsp3) is 0.533. The molecular weight excluding hydrogens is 290 g/mol. The van der Waals surface area contributed by atoms with Crippen molar-refractivity contribution >= 4 is 15.9 Å². The van der Waals surface area contributed by atoms with Gasteiger partial charge in [-0.2, -0.15) is 0 Å². The second-order valence-corrected chi connectivity index (χ2v) is 5.93. The van der Waals surface area contributed by atoms with E-state index in [1.165, 1.54) is 5.56 Å². The molecule has 0 bridgehead atoms. The molecular formula is C15H20BrNO. The van der Waals surface area contributed by atoms with Gasteiger partial charge in [-0.15, -0.1) is 6.58 Å². The minimum atomic E-state index is -0.510. The molecule has 2 nitrogen and oxygen atoms in total. The molecule has 1 aliphatic carbocycles. The number of hydrogen-bond donors (Lipinski definition) is 1. The van der Waals surface area contributed by atoms with Gasteiger partial charge >= 0.3 is 0 Å². The number of aliphatic hydroxyl groups is 1. The second kappa shape index (κ2) is 5.98. The monoisotopic (exact) mass is 309 g/mol. The molecule has 0 aromatic carbocycles. The predicted molar refractivity (Wildman–Crippen MR) is 77.4 cm³/mol. The standard InChI is InChI=1S/C15H20BrNO/c1-2-3-8-15(18)9-4-7-13(15)11-12-6-5-10-17-14(12)16/h2,5-6,10,13,18H,1,3-4,7-9,11H2/t13-,15-/m0/s1. The smallest absolute Gasteiger partial charge is 0.109 e. The third-order valence-corrected chi connectivity index (χ3v) is 4.72. The van der Waals surface area contributed by atoms with E-state index in [1.807, 2.05) is 12.1 Å². The van der Waals surface area contributed by atoms with E-state index < -0.39 is 5.60 Å². The summed E-state index contributed by atoms with van der Waals surface area (Å²) in [5.74, 6) is 0.345. The van der Waals surface area contributed by atoms with E-state index in [0.29, 0.717) is 5.92 Å². The number of allylic oxidation sites excluding steroid dienone is 1. The lowest BCUT2D eigenvalue weighted by molar-refractivity contribution is -0.00464. The fourth-order valence-corrected chi connectivity index (χ4v) is 3.35. The maximum Gasteiger partial charge on any atom is 0.109 e. The average molecular weight is 310 g/mol. The van der Waals surface area contributed by atoms with Gasteiger partial charge in [0.05, 0.1) is 5.60 Å². The fourth-order valence-electron chi connectivity index (χ4n) is 2.94. The van der Waals surface area contributed by atoms with Crippen molar-refractivity contribution in [2.75, 3.05) is 0 Å². The molecule has 98 valence electrons. The molecule has 1 aromatic heterocycles. The highest BCUT2D eigenvalue weighted by Gasteiger charge is 2.40. The predicted octanol–water partition coefficient (Wildman–Crippen LogP) is 3.88. The van der Waals surface area contributed by atoms with Crippen molar-refractivity contribution in [3.05, 3.63) is 41.2 Å². The van der Waals surface area contributed by atoms with Crippen molar-refractivity contribution in [3.8, 4) is 0 Å². The molecule has 1 aromatic rings. The van der Waals surface area contributed by atoms with Gasteiger partial charge in [-0.05, 0) is 65.6 Å². The Balaban J connectivity index is 2.08. The Bertz CT molecular complexity index is 421. The number of pyridine rings is 1. The average Bonchev–Trinajstić information content (AvgIpc) is 2.72. The van der Waals surface area contributed by atoms with Crippen LogP contribution in [0.3, 0.4) is 0 Å². The first-order valence-corrected chi connectivity index (χ1v) is 7.38. The van der Waals surface area contributed by atoms with Gasteiger partial charge in [-0.25, -0.2) is 4.98 Å². The van der Waals surface area contributed by atoms with Gasteiger partial charge in [0.25, 0.3) is 0 Å². The lowest BCUT2D eigenvalue weighted by Crippen LogP contribution is -2.34. The van der Waals surface area contributed by atoms with Crippen LogP contribution in [-0.2, 0) is 6.42 Å². The minimum Gasteiger partial charge on any atom is -0.390 e. The summed E-state index contributed by atoms with van der Waals surface area (Å²) in [6.45, 7) is 3.75. The van der Waals surface area contributed by atoms with Crippen LogP contribution in [0, 0.1) is 5.92 Å². The van der Waals surface area contributed by atoms with Gasteiger partial charge < -0.3 is 5.11 Å². The van der Waals surface area contributed by atoms with Crippen LogP contribution in [0.2, 0.25) is 0 Å². The van der Waals surface area contributed by atoms with Crippen LogP contribution in [0.1, 0.15) is 37.7 Å². The Kier molecular flexibility index (Phi) is 4.57. The second-order valence-electron chi connectivity index (χ2n) is 5.18. The van der Waals surface area contributed by atoms with Crippen molar-refractivity contribution in [3.63, 3.8) is 0 Å². The zero-order valence-corrected chi connectivity index (χ0v) is 12.2. The van der Waals surface area contributed by atoms with Crippen molar-refractivity contribution in [2.45, 2.75) is 44.1 Å². The Morgan fingerprint density at radius 3 is 3.17 bits per heavy atom. The summed E-state index contributed by atoms with van der Waals surface area (Å²) in [6.07, 6.45) is 9.45. The molecule has 0 spiro atoms. The Labute approximate surface area is 117 Å². The van der Waals surface area contributed by atoms with E-state index in [2.05, 4.69) is 33.6 Å². The van der Waals surface area contributed by atoms with E-state index in [4.69, 9.17) is 0 Å². The quantitative estimate of drug-likeness (QED) is 0.661. The molecule has 0 unspecified atom stereocenters. The van der Waals surface area contributed by atoms with Gasteiger partial charge in [0.2, 0.25) is 0 Å². The molecule has 2 rings (SSSR count). The number of rotatable bonds is 5. The maximum absolute atomic E-state index is 10.8. The maximum atomic E-state index is 10.8. The summed E-state index contributed by atoms with van der Waals surface area (Å²) >= 11 is 3.48. The van der Waals surface area contributed by atoms with Gasteiger partial charge in [0.15, 0.2) is 0 Å². The minimum absolute atomic E-state index is 0.345. The Morgan fingerprint density at radius 1 is 1.61 bits per heavy atom. The van der Waals surface area contributed by atoms with Crippen LogP contribution in [0.5, 0.6) is 0 Å². The summed E-state index contributed by atoms with van der Waals surface area (Å²) in [4.78, 5) is 4.25. The van der Waals surface area contributed by atoms with Crippen LogP contribution in [0.25, 0.3) is 0 Å². The number of aromatic nitrogens is 1. The molecule has 1 saturated carbocycles. The number of halogens is 1. The van der Waals surface area contributed by atoms with E-state index >= 15 is 0 Å². The summed E-state index contributed by atoms with van der Waals surface area (Å²) in [7, 11) is 0. The lowest BCUT2D eigenvalue weighted by atomic mass is 9.83. The first-order valence-electron chi connectivity index (χ1n) is 6.58. The Hall–Kier alpha value is -0.670. The van der Waals surface area contributed by atoms with Crippen molar-refractivity contribution < 1.29 is 5.11 Å². The molecule has 1 heterocycles. The molecule has 1 N–H and O–H groups in total. The van der Waals surface area contributed by atoms with Crippen LogP contribution >= 0.6 is 15.9 Å². The van der Waals surface area contributed by atoms with Crippen molar-refractivity contribution in [1.82, 2.24) is 4.98 Å². The van der Waals surface area contributed by atoms with E-state index in [-0.39, 0.29) is 0 Å². The largest absolute Gasteiger partial charge is 0.390 e. The van der Waals surface area contributed by atoms with Crippen LogP contribution in [-0.4, -0.2) is 15.7 Å². The summed E-state index contributed by atoms with van der Waals surface area (Å²) < 4.78 is 0.906.